The van der Waals surface area contributed by atoms with Gasteiger partial charge in [0.25, 0.3) is 5.69 Å². The molecule has 1 fully saturated rings. The monoisotopic (exact) mass is 439 g/mol. The van der Waals surface area contributed by atoms with Gasteiger partial charge in [-0.15, -0.1) is 5.10 Å². The van der Waals surface area contributed by atoms with Crippen LogP contribution in [-0.2, 0) is 9.53 Å². The zero-order valence-corrected chi connectivity index (χ0v) is 18.8. The highest BCUT2D eigenvalue weighted by Crippen LogP contribution is 2.30. The lowest BCUT2D eigenvalue weighted by Gasteiger charge is -2.22. The fourth-order valence-electron chi connectivity index (χ4n) is 3.77. The van der Waals surface area contributed by atoms with Gasteiger partial charge in [-0.05, 0) is 52.0 Å². The molecule has 9 heteroatoms. The van der Waals surface area contributed by atoms with Gasteiger partial charge >= 0.3 is 0 Å². The van der Waals surface area contributed by atoms with Crippen LogP contribution in [-0.4, -0.2) is 44.1 Å². The molecule has 1 aromatic carbocycles. The van der Waals surface area contributed by atoms with Gasteiger partial charge in [0, 0.05) is 12.1 Å². The maximum absolute atomic E-state index is 12.3. The third-order valence-corrected chi connectivity index (χ3v) is 5.53. The largest absolute Gasteiger partial charge is 0.374 e. The van der Waals surface area contributed by atoms with Crippen molar-refractivity contribution < 1.29 is 14.5 Å². The third-order valence-electron chi connectivity index (χ3n) is 5.53. The number of aromatic nitrogens is 3. The van der Waals surface area contributed by atoms with Crippen molar-refractivity contribution in [2.24, 2.45) is 5.92 Å². The van der Waals surface area contributed by atoms with Gasteiger partial charge in [0.15, 0.2) is 5.69 Å². The van der Waals surface area contributed by atoms with E-state index in [1.165, 1.54) is 6.07 Å². The van der Waals surface area contributed by atoms with Crippen LogP contribution in [0, 0.1) is 27.9 Å². The van der Waals surface area contributed by atoms with Crippen molar-refractivity contribution in [3.05, 3.63) is 51.8 Å². The highest BCUT2D eigenvalue weighted by Gasteiger charge is 2.34. The third kappa shape index (κ3) is 5.92. The summed E-state index contributed by atoms with van der Waals surface area (Å²) in [5.74, 6) is 5.50. The molecule has 170 valence electrons. The number of rotatable bonds is 7. The minimum Gasteiger partial charge on any atom is -0.374 e. The molecule has 0 radical (unpaired) electrons. The minimum absolute atomic E-state index is 0.0249. The van der Waals surface area contributed by atoms with Crippen molar-refractivity contribution in [1.82, 2.24) is 20.3 Å². The molecule has 2 heterocycles. The van der Waals surface area contributed by atoms with Gasteiger partial charge in [-0.25, -0.2) is 4.68 Å². The Kier molecular flexibility index (Phi) is 7.59. The minimum atomic E-state index is -0.453. The first-order valence-corrected chi connectivity index (χ1v) is 10.9. The van der Waals surface area contributed by atoms with E-state index in [1.54, 1.807) is 29.1 Å². The second kappa shape index (κ2) is 10.4. The van der Waals surface area contributed by atoms with Crippen LogP contribution in [0.15, 0.2) is 30.5 Å². The molecular formula is C23H29N5O4. The van der Waals surface area contributed by atoms with Gasteiger partial charge in [0.1, 0.15) is 5.56 Å². The fourth-order valence-corrected chi connectivity index (χ4v) is 3.77. The Labute approximate surface area is 187 Å². The van der Waals surface area contributed by atoms with Crippen molar-refractivity contribution in [1.29, 1.82) is 0 Å². The molecule has 1 amide bonds. The number of para-hydroxylation sites is 1. The number of benzene rings is 1. The molecule has 32 heavy (non-hydrogen) atoms. The average Bonchev–Trinajstić information content (AvgIpc) is 3.41. The van der Waals surface area contributed by atoms with Crippen molar-refractivity contribution in [3.8, 4) is 11.8 Å². The van der Waals surface area contributed by atoms with Crippen molar-refractivity contribution >= 4 is 11.6 Å². The molecule has 1 N–H and O–H groups in total. The van der Waals surface area contributed by atoms with E-state index in [1.807, 2.05) is 27.7 Å². The topological polar surface area (TPSA) is 112 Å². The molecule has 1 aliphatic heterocycles. The first-order chi connectivity index (χ1) is 15.2. The van der Waals surface area contributed by atoms with Gasteiger partial charge in [0.2, 0.25) is 5.91 Å². The van der Waals surface area contributed by atoms with E-state index in [0.717, 1.165) is 19.3 Å². The summed E-state index contributed by atoms with van der Waals surface area (Å²) >= 11 is 0. The molecule has 1 aliphatic rings. The molecule has 1 aromatic heterocycles. The predicted octanol–water partition coefficient (Wildman–Crippen LogP) is 3.25. The summed E-state index contributed by atoms with van der Waals surface area (Å²) in [5.41, 5.74) is 0.741. The smallest absolute Gasteiger partial charge is 0.284 e. The van der Waals surface area contributed by atoms with E-state index in [2.05, 4.69) is 27.5 Å². The normalized spacial score (nSPS) is 19.8. The van der Waals surface area contributed by atoms with Crippen LogP contribution in [0.4, 0.5) is 5.69 Å². The Hall–Kier alpha value is -3.25. The SMILES string of the molecule is CC(C)NC(=O)[C@H](C)[C@H]1CC[C@@H](C[C@@H](C)n2cc(C#Cc3ccccc3[N+](=O)[O-])nn2)O1. The second-order valence-electron chi connectivity index (χ2n) is 8.52. The van der Waals surface area contributed by atoms with E-state index in [9.17, 15) is 14.9 Å². The number of ether oxygens (including phenoxy) is 1. The van der Waals surface area contributed by atoms with Crippen LogP contribution >= 0.6 is 0 Å². The van der Waals surface area contributed by atoms with Crippen molar-refractivity contribution in [2.45, 2.75) is 71.2 Å². The Morgan fingerprint density at radius 2 is 2.03 bits per heavy atom. The van der Waals surface area contributed by atoms with Crippen LogP contribution < -0.4 is 5.32 Å². The lowest BCUT2D eigenvalue weighted by atomic mass is 10.00. The van der Waals surface area contributed by atoms with Crippen LogP contribution in [0.3, 0.4) is 0 Å². The molecule has 0 spiro atoms. The maximum Gasteiger partial charge on any atom is 0.284 e. The van der Waals surface area contributed by atoms with E-state index < -0.39 is 4.92 Å². The average molecular weight is 440 g/mol. The van der Waals surface area contributed by atoms with Gasteiger partial charge in [-0.3, -0.25) is 14.9 Å². The van der Waals surface area contributed by atoms with E-state index in [-0.39, 0.29) is 41.8 Å². The summed E-state index contributed by atoms with van der Waals surface area (Å²) in [7, 11) is 0. The summed E-state index contributed by atoms with van der Waals surface area (Å²) in [6.07, 6.45) is 4.20. The van der Waals surface area contributed by atoms with E-state index >= 15 is 0 Å². The quantitative estimate of drug-likeness (QED) is 0.403. The standard InChI is InChI=1S/C23H29N5O4/c1-15(2)24-23(29)17(4)22-12-11-20(32-22)13-16(3)27-14-19(25-26-27)10-9-18-7-5-6-8-21(18)28(30)31/h5-8,14-17,20,22H,11-13H2,1-4H3,(H,24,29)/t16-,17-,20+,22-/m1/s1. The van der Waals surface area contributed by atoms with Crippen molar-refractivity contribution in [3.63, 3.8) is 0 Å². The Bertz CT molecular complexity index is 1020. The van der Waals surface area contributed by atoms with Gasteiger partial charge in [-0.1, -0.05) is 30.2 Å². The molecule has 9 nitrogen and oxygen atoms in total. The number of nitro groups is 1. The van der Waals surface area contributed by atoms with E-state index in [4.69, 9.17) is 4.74 Å². The summed E-state index contributed by atoms with van der Waals surface area (Å²) in [6, 6.07) is 6.49. The van der Waals surface area contributed by atoms with Crippen LogP contribution in [0.5, 0.6) is 0 Å². The summed E-state index contributed by atoms with van der Waals surface area (Å²) in [6.45, 7) is 7.83. The maximum atomic E-state index is 12.3. The number of carbonyl (C=O) groups excluding carboxylic acids is 1. The number of hydrogen-bond donors (Lipinski definition) is 1. The number of carbonyl (C=O) groups is 1. The number of hydrogen-bond acceptors (Lipinski definition) is 6. The molecule has 0 aliphatic carbocycles. The summed E-state index contributed by atoms with van der Waals surface area (Å²) < 4.78 is 7.88. The number of amides is 1. The Morgan fingerprint density at radius 1 is 1.28 bits per heavy atom. The summed E-state index contributed by atoms with van der Waals surface area (Å²) in [4.78, 5) is 22.9. The van der Waals surface area contributed by atoms with Gasteiger partial charge in [-0.2, -0.15) is 0 Å². The number of nitrogens with zero attached hydrogens (tertiary/aromatic N) is 4. The van der Waals surface area contributed by atoms with Crippen LogP contribution in [0.1, 0.15) is 64.3 Å². The molecule has 1 saturated heterocycles. The zero-order valence-electron chi connectivity index (χ0n) is 18.8. The molecule has 3 rings (SSSR count). The lowest BCUT2D eigenvalue weighted by Crippen LogP contribution is -2.39. The number of nitro benzene ring substituents is 1. The zero-order chi connectivity index (χ0) is 23.3. The molecule has 0 saturated carbocycles. The Morgan fingerprint density at radius 3 is 2.75 bits per heavy atom. The highest BCUT2D eigenvalue weighted by atomic mass is 16.6. The first-order valence-electron chi connectivity index (χ1n) is 10.9. The van der Waals surface area contributed by atoms with Gasteiger partial charge in [0.05, 0.1) is 35.3 Å². The molecule has 4 atom stereocenters. The Balaban J connectivity index is 1.58. The second-order valence-corrected chi connectivity index (χ2v) is 8.52. The van der Waals surface area contributed by atoms with Gasteiger partial charge < -0.3 is 10.1 Å². The first kappa shape index (κ1) is 23.4. The predicted molar refractivity (Wildman–Crippen MR) is 119 cm³/mol. The molecule has 2 aromatic rings. The highest BCUT2D eigenvalue weighted by molar-refractivity contribution is 5.79. The van der Waals surface area contributed by atoms with Crippen molar-refractivity contribution in [2.75, 3.05) is 0 Å². The number of nitrogens with one attached hydrogen (secondary N) is 1. The fraction of sp³-hybridized carbons (Fsp3) is 0.522. The lowest BCUT2D eigenvalue weighted by molar-refractivity contribution is -0.385. The van der Waals surface area contributed by atoms with Crippen LogP contribution in [0.2, 0.25) is 0 Å². The molecule has 0 bridgehead atoms. The summed E-state index contributed by atoms with van der Waals surface area (Å²) in [5, 5.41) is 22.3. The molecular weight excluding hydrogens is 410 g/mol. The van der Waals surface area contributed by atoms with E-state index in [0.29, 0.717) is 11.3 Å². The molecule has 0 unspecified atom stereocenters. The van der Waals surface area contributed by atoms with Crippen LogP contribution in [0.25, 0.3) is 0 Å².